The molecule has 0 bridgehead atoms. The van der Waals surface area contributed by atoms with Crippen molar-refractivity contribution >= 4 is 39.1 Å². The van der Waals surface area contributed by atoms with Crippen LogP contribution in [0.5, 0.6) is 0 Å². The number of benzene rings is 2. The van der Waals surface area contributed by atoms with E-state index < -0.39 is 5.38 Å². The van der Waals surface area contributed by atoms with Gasteiger partial charge in [0.1, 0.15) is 5.38 Å². The third-order valence-corrected chi connectivity index (χ3v) is 3.98. The standard InChI is InChI=1S/C16H15BrClNO/c1-10-8-13(17)9-11(2)15(10)19-16(20)14(18)12-6-4-3-5-7-12/h3-9,14H,1-2H3,(H,19,20). The Morgan fingerprint density at radius 3 is 2.25 bits per heavy atom. The number of aryl methyl sites for hydroxylation is 2. The van der Waals surface area contributed by atoms with Crippen LogP contribution in [0.15, 0.2) is 46.9 Å². The Hall–Kier alpha value is -1.32. The Morgan fingerprint density at radius 2 is 1.70 bits per heavy atom. The fraction of sp³-hybridized carbons (Fsp3) is 0.188. The molecule has 1 unspecified atom stereocenters. The van der Waals surface area contributed by atoms with Gasteiger partial charge in [0.2, 0.25) is 5.91 Å². The van der Waals surface area contributed by atoms with E-state index >= 15 is 0 Å². The highest BCUT2D eigenvalue weighted by Gasteiger charge is 2.18. The van der Waals surface area contributed by atoms with Crippen LogP contribution in [0.25, 0.3) is 0 Å². The van der Waals surface area contributed by atoms with Crippen molar-refractivity contribution in [2.45, 2.75) is 19.2 Å². The summed E-state index contributed by atoms with van der Waals surface area (Å²) in [4.78, 5) is 12.2. The fourth-order valence-electron chi connectivity index (χ4n) is 2.07. The maximum Gasteiger partial charge on any atom is 0.246 e. The maximum absolute atomic E-state index is 12.2. The summed E-state index contributed by atoms with van der Waals surface area (Å²) in [5, 5.41) is 2.22. The third kappa shape index (κ3) is 3.41. The number of halogens is 2. The zero-order valence-corrected chi connectivity index (χ0v) is 13.6. The first-order chi connectivity index (χ1) is 9.49. The summed E-state index contributed by atoms with van der Waals surface area (Å²) in [7, 11) is 0. The molecule has 1 atom stereocenters. The molecule has 0 radical (unpaired) electrons. The van der Waals surface area contributed by atoms with E-state index in [-0.39, 0.29) is 5.91 Å². The zero-order valence-electron chi connectivity index (χ0n) is 11.3. The minimum absolute atomic E-state index is 0.216. The smallest absolute Gasteiger partial charge is 0.246 e. The van der Waals surface area contributed by atoms with E-state index in [1.807, 2.05) is 56.3 Å². The number of hydrogen-bond acceptors (Lipinski definition) is 1. The number of nitrogens with one attached hydrogen (secondary N) is 1. The number of amides is 1. The van der Waals surface area contributed by atoms with Gasteiger partial charge in [-0.05, 0) is 42.7 Å². The Kier molecular flexibility index (Phi) is 4.84. The van der Waals surface area contributed by atoms with Crippen molar-refractivity contribution in [1.29, 1.82) is 0 Å². The van der Waals surface area contributed by atoms with E-state index in [0.29, 0.717) is 0 Å². The van der Waals surface area contributed by atoms with Gasteiger partial charge in [-0.3, -0.25) is 4.79 Å². The van der Waals surface area contributed by atoms with Crippen molar-refractivity contribution in [3.05, 3.63) is 63.6 Å². The summed E-state index contributed by atoms with van der Waals surface area (Å²) in [6.07, 6.45) is 0. The van der Waals surface area contributed by atoms with Crippen LogP contribution in [0, 0.1) is 13.8 Å². The van der Waals surface area contributed by atoms with E-state index in [0.717, 1.165) is 26.9 Å². The molecule has 0 aliphatic rings. The van der Waals surface area contributed by atoms with Gasteiger partial charge in [0.15, 0.2) is 0 Å². The highest BCUT2D eigenvalue weighted by molar-refractivity contribution is 9.10. The Balaban J connectivity index is 2.20. The largest absolute Gasteiger partial charge is 0.324 e. The lowest BCUT2D eigenvalue weighted by Gasteiger charge is -2.15. The van der Waals surface area contributed by atoms with E-state index in [9.17, 15) is 4.79 Å². The second-order valence-electron chi connectivity index (χ2n) is 4.68. The van der Waals surface area contributed by atoms with Crippen molar-refractivity contribution < 1.29 is 4.79 Å². The van der Waals surface area contributed by atoms with Crippen LogP contribution in [0.4, 0.5) is 5.69 Å². The van der Waals surface area contributed by atoms with Gasteiger partial charge >= 0.3 is 0 Å². The zero-order chi connectivity index (χ0) is 14.7. The summed E-state index contributed by atoms with van der Waals surface area (Å²) < 4.78 is 0.996. The highest BCUT2D eigenvalue weighted by atomic mass is 79.9. The number of carbonyl (C=O) groups excluding carboxylic acids is 1. The first-order valence-electron chi connectivity index (χ1n) is 6.25. The van der Waals surface area contributed by atoms with Gasteiger partial charge in [0.25, 0.3) is 0 Å². The molecular weight excluding hydrogens is 338 g/mol. The molecule has 2 aromatic carbocycles. The van der Waals surface area contributed by atoms with Crippen molar-refractivity contribution in [2.75, 3.05) is 5.32 Å². The maximum atomic E-state index is 12.2. The van der Waals surface area contributed by atoms with Gasteiger partial charge in [-0.25, -0.2) is 0 Å². The molecule has 0 aliphatic carbocycles. The molecule has 0 aromatic heterocycles. The molecule has 2 nitrogen and oxygen atoms in total. The summed E-state index contributed by atoms with van der Waals surface area (Å²) in [5.41, 5.74) is 3.61. The van der Waals surface area contributed by atoms with Crippen LogP contribution in [0.1, 0.15) is 22.1 Å². The SMILES string of the molecule is Cc1cc(Br)cc(C)c1NC(=O)C(Cl)c1ccccc1. The average Bonchev–Trinajstić information content (AvgIpc) is 2.42. The topological polar surface area (TPSA) is 29.1 Å². The molecule has 0 spiro atoms. The molecule has 0 aliphatic heterocycles. The van der Waals surface area contributed by atoms with Crippen molar-refractivity contribution in [1.82, 2.24) is 0 Å². The van der Waals surface area contributed by atoms with E-state index in [1.165, 1.54) is 0 Å². The molecule has 2 aromatic rings. The molecule has 104 valence electrons. The van der Waals surface area contributed by atoms with Gasteiger partial charge in [-0.2, -0.15) is 0 Å². The third-order valence-electron chi connectivity index (χ3n) is 3.07. The Labute approximate surface area is 132 Å². The predicted octanol–water partition coefficient (Wildman–Crippen LogP) is 4.98. The lowest BCUT2D eigenvalue weighted by atomic mass is 10.1. The minimum Gasteiger partial charge on any atom is -0.324 e. The van der Waals surface area contributed by atoms with Crippen LogP contribution in [-0.4, -0.2) is 5.91 Å². The first kappa shape index (κ1) is 15.1. The van der Waals surface area contributed by atoms with Crippen molar-refractivity contribution in [3.8, 4) is 0 Å². The minimum atomic E-state index is -0.696. The summed E-state index contributed by atoms with van der Waals surface area (Å²) in [6, 6.07) is 13.3. The predicted molar refractivity (Wildman–Crippen MR) is 87.3 cm³/mol. The number of rotatable bonds is 3. The molecule has 0 heterocycles. The average molecular weight is 353 g/mol. The van der Waals surface area contributed by atoms with E-state index in [4.69, 9.17) is 11.6 Å². The normalized spacial score (nSPS) is 12.0. The van der Waals surface area contributed by atoms with Gasteiger partial charge < -0.3 is 5.32 Å². The number of carbonyl (C=O) groups is 1. The van der Waals surface area contributed by atoms with Crippen LogP contribution in [-0.2, 0) is 4.79 Å². The second-order valence-corrected chi connectivity index (χ2v) is 6.03. The molecule has 0 saturated heterocycles. The second kappa shape index (κ2) is 6.42. The lowest BCUT2D eigenvalue weighted by Crippen LogP contribution is -2.18. The summed E-state index contributed by atoms with van der Waals surface area (Å²) in [5.74, 6) is -0.216. The van der Waals surface area contributed by atoms with Gasteiger partial charge in [-0.1, -0.05) is 46.3 Å². The van der Waals surface area contributed by atoms with E-state index in [2.05, 4.69) is 21.2 Å². The molecular formula is C16H15BrClNO. The monoisotopic (exact) mass is 351 g/mol. The van der Waals surface area contributed by atoms with Crippen LogP contribution >= 0.6 is 27.5 Å². The van der Waals surface area contributed by atoms with Gasteiger partial charge in [0.05, 0.1) is 0 Å². The quantitative estimate of drug-likeness (QED) is 0.775. The van der Waals surface area contributed by atoms with Gasteiger partial charge in [0, 0.05) is 10.2 Å². The molecule has 1 amide bonds. The first-order valence-corrected chi connectivity index (χ1v) is 7.48. The summed E-state index contributed by atoms with van der Waals surface area (Å²) >= 11 is 9.66. The molecule has 0 fully saturated rings. The summed E-state index contributed by atoms with van der Waals surface area (Å²) in [6.45, 7) is 3.91. The molecule has 4 heteroatoms. The Bertz CT molecular complexity index is 605. The number of anilines is 1. The Morgan fingerprint density at radius 1 is 1.15 bits per heavy atom. The van der Waals surface area contributed by atoms with Gasteiger partial charge in [-0.15, -0.1) is 11.6 Å². The highest BCUT2D eigenvalue weighted by Crippen LogP contribution is 2.28. The van der Waals surface area contributed by atoms with Crippen LogP contribution < -0.4 is 5.32 Å². The number of hydrogen-bond donors (Lipinski definition) is 1. The van der Waals surface area contributed by atoms with Crippen LogP contribution in [0.3, 0.4) is 0 Å². The molecule has 20 heavy (non-hydrogen) atoms. The van der Waals surface area contributed by atoms with Crippen LogP contribution in [0.2, 0.25) is 0 Å². The molecule has 1 N–H and O–H groups in total. The number of alkyl halides is 1. The fourth-order valence-corrected chi connectivity index (χ4v) is 2.95. The van der Waals surface area contributed by atoms with Crippen molar-refractivity contribution in [3.63, 3.8) is 0 Å². The molecule has 2 rings (SSSR count). The molecule has 0 saturated carbocycles. The van der Waals surface area contributed by atoms with Crippen molar-refractivity contribution in [2.24, 2.45) is 0 Å². The lowest BCUT2D eigenvalue weighted by molar-refractivity contribution is -0.116. The van der Waals surface area contributed by atoms with E-state index in [1.54, 1.807) is 0 Å².